The van der Waals surface area contributed by atoms with Gasteiger partial charge in [-0.1, -0.05) is 52.8 Å². The fourth-order valence-corrected chi connectivity index (χ4v) is 4.52. The molecule has 0 unspecified atom stereocenters. The Bertz CT molecular complexity index is 1690. The van der Waals surface area contributed by atoms with Crippen LogP contribution in [-0.2, 0) is 5.75 Å². The van der Waals surface area contributed by atoms with E-state index in [1.807, 2.05) is 78.1 Å². The summed E-state index contributed by atoms with van der Waals surface area (Å²) in [7, 11) is 0. The summed E-state index contributed by atoms with van der Waals surface area (Å²) in [6, 6.07) is 20.7. The molecule has 9 nitrogen and oxygen atoms in total. The minimum atomic E-state index is -0.146. The Morgan fingerprint density at radius 3 is 2.62 bits per heavy atom. The molecule has 6 rings (SSSR count). The number of aryl methyl sites for hydroxylation is 1. The van der Waals surface area contributed by atoms with Crippen molar-refractivity contribution in [3.8, 4) is 17.2 Å². The molecule has 4 aromatic heterocycles. The van der Waals surface area contributed by atoms with Crippen molar-refractivity contribution in [1.29, 1.82) is 0 Å². The van der Waals surface area contributed by atoms with E-state index in [1.54, 1.807) is 10.8 Å². The van der Waals surface area contributed by atoms with Crippen molar-refractivity contribution < 1.29 is 4.52 Å². The summed E-state index contributed by atoms with van der Waals surface area (Å²) in [6.45, 7) is 2.01. The zero-order valence-electron chi connectivity index (χ0n) is 18.0. The summed E-state index contributed by atoms with van der Waals surface area (Å²) >= 11 is 1.40. The van der Waals surface area contributed by atoms with Gasteiger partial charge in [0, 0.05) is 6.20 Å². The van der Waals surface area contributed by atoms with Crippen LogP contribution in [0.25, 0.3) is 33.9 Å². The third-order valence-electron chi connectivity index (χ3n) is 5.37. The third kappa shape index (κ3) is 3.44. The normalized spacial score (nSPS) is 11.4. The van der Waals surface area contributed by atoms with Crippen LogP contribution in [0, 0.1) is 6.92 Å². The standard InChI is InChI=1S/C24H17N7O2S/c1-15-9-11-16(12-10-15)30-22(32)17-6-2-3-8-19(17)31-23(30)27-28-24(31)34-14-20-26-21(29-33-20)18-7-4-5-13-25-18/h2-13H,14H2,1H3. The second-order valence-corrected chi connectivity index (χ2v) is 8.57. The number of benzene rings is 2. The maximum absolute atomic E-state index is 13.4. The van der Waals surface area contributed by atoms with E-state index in [1.165, 1.54) is 11.8 Å². The van der Waals surface area contributed by atoms with E-state index in [0.717, 1.165) is 16.8 Å². The molecule has 0 bridgehead atoms. The quantitative estimate of drug-likeness (QED) is 0.349. The van der Waals surface area contributed by atoms with Gasteiger partial charge in [-0.3, -0.25) is 14.2 Å². The average Bonchev–Trinajstić information content (AvgIpc) is 3.52. The Morgan fingerprint density at radius 2 is 1.79 bits per heavy atom. The zero-order valence-corrected chi connectivity index (χ0v) is 18.8. The van der Waals surface area contributed by atoms with Gasteiger partial charge in [-0.25, -0.2) is 4.57 Å². The smallest absolute Gasteiger partial charge is 0.267 e. The SMILES string of the molecule is Cc1ccc(-n2c(=O)c3ccccc3n3c(SCc4nc(-c5ccccn5)no4)nnc23)cc1. The van der Waals surface area contributed by atoms with Crippen LogP contribution >= 0.6 is 11.8 Å². The zero-order chi connectivity index (χ0) is 23.1. The number of thioether (sulfide) groups is 1. The molecule has 34 heavy (non-hydrogen) atoms. The van der Waals surface area contributed by atoms with Crippen LogP contribution in [-0.4, -0.2) is 34.3 Å². The lowest BCUT2D eigenvalue weighted by atomic mass is 10.2. The highest BCUT2D eigenvalue weighted by molar-refractivity contribution is 7.98. The molecule has 10 heteroatoms. The van der Waals surface area contributed by atoms with Gasteiger partial charge in [-0.15, -0.1) is 10.2 Å². The predicted octanol–water partition coefficient (Wildman–Crippen LogP) is 4.08. The molecule has 0 aliphatic carbocycles. The average molecular weight is 468 g/mol. The van der Waals surface area contributed by atoms with Crippen molar-refractivity contribution in [2.24, 2.45) is 0 Å². The van der Waals surface area contributed by atoms with Gasteiger partial charge in [0.25, 0.3) is 5.56 Å². The van der Waals surface area contributed by atoms with E-state index in [2.05, 4.69) is 25.3 Å². The molecule has 0 fully saturated rings. The van der Waals surface area contributed by atoms with E-state index in [-0.39, 0.29) is 5.56 Å². The molecule has 0 atom stereocenters. The molecule has 6 aromatic rings. The summed E-state index contributed by atoms with van der Waals surface area (Å²) in [4.78, 5) is 22.1. The Kier molecular flexibility index (Phi) is 4.92. The fourth-order valence-electron chi connectivity index (χ4n) is 3.74. The topological polar surface area (TPSA) is 104 Å². The van der Waals surface area contributed by atoms with Crippen molar-refractivity contribution in [3.63, 3.8) is 0 Å². The molecule has 2 aromatic carbocycles. The Hall–Kier alpha value is -4.31. The van der Waals surface area contributed by atoms with E-state index >= 15 is 0 Å². The molecule has 0 saturated carbocycles. The second-order valence-electron chi connectivity index (χ2n) is 7.63. The van der Waals surface area contributed by atoms with Crippen LogP contribution < -0.4 is 5.56 Å². The van der Waals surface area contributed by atoms with Crippen molar-refractivity contribution in [2.45, 2.75) is 17.8 Å². The summed E-state index contributed by atoms with van der Waals surface area (Å²) in [5, 5.41) is 14.0. The molecule has 0 radical (unpaired) electrons. The lowest BCUT2D eigenvalue weighted by Crippen LogP contribution is -2.21. The first-order chi connectivity index (χ1) is 16.7. The molecule has 0 amide bonds. The minimum Gasteiger partial charge on any atom is -0.338 e. The van der Waals surface area contributed by atoms with Gasteiger partial charge in [0.2, 0.25) is 17.5 Å². The predicted molar refractivity (Wildman–Crippen MR) is 128 cm³/mol. The summed E-state index contributed by atoms with van der Waals surface area (Å²) in [6.07, 6.45) is 1.68. The lowest BCUT2D eigenvalue weighted by Gasteiger charge is -2.11. The number of hydrogen-bond donors (Lipinski definition) is 0. The first-order valence-corrected chi connectivity index (χ1v) is 11.5. The molecule has 4 heterocycles. The van der Waals surface area contributed by atoms with Gasteiger partial charge in [-0.2, -0.15) is 4.98 Å². The van der Waals surface area contributed by atoms with Crippen molar-refractivity contribution in [1.82, 2.24) is 34.3 Å². The van der Waals surface area contributed by atoms with E-state index in [0.29, 0.717) is 39.5 Å². The summed E-state index contributed by atoms with van der Waals surface area (Å²) in [5.74, 6) is 1.70. The highest BCUT2D eigenvalue weighted by Crippen LogP contribution is 2.26. The highest BCUT2D eigenvalue weighted by atomic mass is 32.2. The molecule has 0 aliphatic heterocycles. The van der Waals surface area contributed by atoms with Crippen molar-refractivity contribution in [2.75, 3.05) is 0 Å². The summed E-state index contributed by atoms with van der Waals surface area (Å²) < 4.78 is 8.88. The molecule has 0 spiro atoms. The van der Waals surface area contributed by atoms with E-state index in [4.69, 9.17) is 4.52 Å². The van der Waals surface area contributed by atoms with Crippen LogP contribution in [0.2, 0.25) is 0 Å². The lowest BCUT2D eigenvalue weighted by molar-refractivity contribution is 0.391. The highest BCUT2D eigenvalue weighted by Gasteiger charge is 2.19. The second kappa shape index (κ2) is 8.23. The molecular formula is C24H17N7O2S. The maximum Gasteiger partial charge on any atom is 0.267 e. The van der Waals surface area contributed by atoms with Crippen molar-refractivity contribution >= 4 is 28.4 Å². The molecule has 166 valence electrons. The monoisotopic (exact) mass is 467 g/mol. The van der Waals surface area contributed by atoms with Gasteiger partial charge < -0.3 is 4.52 Å². The largest absolute Gasteiger partial charge is 0.338 e. The van der Waals surface area contributed by atoms with Gasteiger partial charge in [0.1, 0.15) is 5.69 Å². The van der Waals surface area contributed by atoms with E-state index in [9.17, 15) is 4.79 Å². The number of para-hydroxylation sites is 1. The number of hydrogen-bond acceptors (Lipinski definition) is 8. The molecule has 0 aliphatic rings. The fraction of sp³-hybridized carbons (Fsp3) is 0.0833. The maximum atomic E-state index is 13.4. The number of fused-ring (bicyclic) bond motifs is 3. The number of aromatic nitrogens is 7. The third-order valence-corrected chi connectivity index (χ3v) is 6.29. The first-order valence-electron chi connectivity index (χ1n) is 10.5. The molecule has 0 saturated heterocycles. The first kappa shape index (κ1) is 20.3. The number of nitrogens with zero attached hydrogens (tertiary/aromatic N) is 7. The van der Waals surface area contributed by atoms with Crippen LogP contribution in [0.15, 0.2) is 87.4 Å². The van der Waals surface area contributed by atoms with Gasteiger partial charge in [0.15, 0.2) is 5.16 Å². The van der Waals surface area contributed by atoms with Gasteiger partial charge in [-0.05, 0) is 43.3 Å². The van der Waals surface area contributed by atoms with Crippen LogP contribution in [0.4, 0.5) is 0 Å². The van der Waals surface area contributed by atoms with Crippen LogP contribution in [0.5, 0.6) is 0 Å². The number of rotatable bonds is 5. The van der Waals surface area contributed by atoms with Gasteiger partial charge in [0.05, 0.1) is 22.3 Å². The van der Waals surface area contributed by atoms with Crippen LogP contribution in [0.1, 0.15) is 11.5 Å². The Labute approximate surface area is 197 Å². The molecule has 0 N–H and O–H groups in total. The summed E-state index contributed by atoms with van der Waals surface area (Å²) in [5.41, 5.74) is 3.07. The Balaban J connectivity index is 1.43. The Morgan fingerprint density at radius 1 is 0.971 bits per heavy atom. The van der Waals surface area contributed by atoms with E-state index < -0.39 is 0 Å². The molecular weight excluding hydrogens is 450 g/mol. The van der Waals surface area contributed by atoms with Crippen molar-refractivity contribution in [3.05, 3.63) is 94.7 Å². The number of pyridine rings is 1. The minimum absolute atomic E-state index is 0.146. The van der Waals surface area contributed by atoms with Gasteiger partial charge >= 0.3 is 0 Å². The van der Waals surface area contributed by atoms with Crippen LogP contribution in [0.3, 0.4) is 0 Å².